The third-order valence-electron chi connectivity index (χ3n) is 3.87. The lowest BCUT2D eigenvalue weighted by molar-refractivity contribution is -0.194. The van der Waals surface area contributed by atoms with Gasteiger partial charge in [-0.15, -0.1) is 0 Å². The van der Waals surface area contributed by atoms with Crippen LogP contribution in [-0.4, -0.2) is 24.6 Å². The van der Waals surface area contributed by atoms with Gasteiger partial charge in [-0.3, -0.25) is 9.59 Å². The molecule has 1 aromatic carbocycles. The zero-order chi connectivity index (χ0) is 15.7. The molecule has 0 unspecified atom stereocenters. The van der Waals surface area contributed by atoms with Gasteiger partial charge in [0.25, 0.3) is 0 Å². The van der Waals surface area contributed by atoms with Crippen molar-refractivity contribution in [1.82, 2.24) is 0 Å². The summed E-state index contributed by atoms with van der Waals surface area (Å²) >= 11 is 0. The summed E-state index contributed by atoms with van der Waals surface area (Å²) in [5.41, 5.74) is 1.41. The van der Waals surface area contributed by atoms with Crippen LogP contribution in [0.2, 0.25) is 0 Å². The minimum Gasteiger partial charge on any atom is -0.435 e. The molecule has 1 fully saturated rings. The largest absolute Gasteiger partial charge is 0.435 e. The fourth-order valence-corrected chi connectivity index (χ4v) is 2.92. The van der Waals surface area contributed by atoms with Crippen LogP contribution in [0.15, 0.2) is 48.1 Å². The lowest BCUT2D eigenvalue weighted by Crippen LogP contribution is -2.43. The minimum atomic E-state index is -0.818. The number of ether oxygens (including phenoxy) is 2. The number of rotatable bonds is 2. The zero-order valence-electron chi connectivity index (χ0n) is 12.0. The molecule has 1 aromatic rings. The zero-order valence-corrected chi connectivity index (χ0v) is 12.0. The van der Waals surface area contributed by atoms with E-state index >= 15 is 0 Å². The number of allylic oxidation sites excluding steroid dienone is 3. The van der Waals surface area contributed by atoms with Gasteiger partial charge in [-0.05, 0) is 17.7 Å². The number of halogens is 1. The molecule has 0 spiro atoms. The van der Waals surface area contributed by atoms with Gasteiger partial charge in [0.2, 0.25) is 6.29 Å². The SMILES string of the molecule is CC(=O)O[C@@H]1OCC(=O)C2=CC=C[C@@H](c3ccc(F)cc3)[C@H]21. The molecule has 1 aliphatic carbocycles. The van der Waals surface area contributed by atoms with Gasteiger partial charge in [-0.1, -0.05) is 30.4 Å². The normalized spacial score (nSPS) is 27.1. The highest BCUT2D eigenvalue weighted by atomic mass is 19.1. The molecule has 2 aliphatic rings. The van der Waals surface area contributed by atoms with Crippen LogP contribution in [0, 0.1) is 11.7 Å². The molecule has 1 saturated heterocycles. The number of hydrogen-bond donors (Lipinski definition) is 0. The van der Waals surface area contributed by atoms with Crippen LogP contribution in [0.4, 0.5) is 4.39 Å². The summed E-state index contributed by atoms with van der Waals surface area (Å²) in [4.78, 5) is 23.3. The van der Waals surface area contributed by atoms with Crippen LogP contribution in [0.5, 0.6) is 0 Å². The topological polar surface area (TPSA) is 52.6 Å². The van der Waals surface area contributed by atoms with E-state index in [0.717, 1.165) is 5.56 Å². The standard InChI is InChI=1S/C17H15FO4/c1-10(19)22-17-16-13(11-5-7-12(18)8-6-11)3-2-4-14(16)15(20)9-21-17/h2-8,13,16-17H,9H2,1H3/t13-,16+,17-/m0/s1. The maximum absolute atomic E-state index is 13.1. The number of carbonyl (C=O) groups is 2. The summed E-state index contributed by atoms with van der Waals surface area (Å²) in [6.45, 7) is 1.19. The molecule has 3 atom stereocenters. The van der Waals surface area contributed by atoms with Crippen molar-refractivity contribution in [3.63, 3.8) is 0 Å². The molecule has 0 aromatic heterocycles. The average molecular weight is 302 g/mol. The molecule has 0 N–H and O–H groups in total. The molecule has 0 bridgehead atoms. The Kier molecular flexibility index (Phi) is 3.90. The van der Waals surface area contributed by atoms with Crippen LogP contribution in [0.1, 0.15) is 18.4 Å². The first-order chi connectivity index (χ1) is 10.6. The summed E-state index contributed by atoms with van der Waals surface area (Å²) in [7, 11) is 0. The second-order valence-electron chi connectivity index (χ2n) is 5.32. The highest BCUT2D eigenvalue weighted by Gasteiger charge is 2.42. The molecule has 0 amide bonds. The molecule has 22 heavy (non-hydrogen) atoms. The Labute approximate surface area is 127 Å². The molecule has 0 saturated carbocycles. The molecule has 114 valence electrons. The van der Waals surface area contributed by atoms with E-state index in [2.05, 4.69) is 0 Å². The lowest BCUT2D eigenvalue weighted by Gasteiger charge is -2.37. The smallest absolute Gasteiger partial charge is 0.304 e. The monoisotopic (exact) mass is 302 g/mol. The average Bonchev–Trinajstić information content (AvgIpc) is 2.50. The summed E-state index contributed by atoms with van der Waals surface area (Å²) in [5.74, 6) is -1.54. The Morgan fingerprint density at radius 3 is 2.73 bits per heavy atom. The number of hydrogen-bond acceptors (Lipinski definition) is 4. The Morgan fingerprint density at radius 2 is 2.05 bits per heavy atom. The first-order valence-corrected chi connectivity index (χ1v) is 7.02. The van der Waals surface area contributed by atoms with Crippen molar-refractivity contribution in [1.29, 1.82) is 0 Å². The maximum atomic E-state index is 13.1. The highest BCUT2D eigenvalue weighted by molar-refractivity contribution is 5.98. The van der Waals surface area contributed by atoms with Gasteiger partial charge in [0.05, 0.1) is 5.92 Å². The van der Waals surface area contributed by atoms with E-state index in [9.17, 15) is 14.0 Å². The Bertz CT molecular complexity index is 660. The number of benzene rings is 1. The molecular formula is C17H15FO4. The predicted molar refractivity (Wildman–Crippen MR) is 76.4 cm³/mol. The molecule has 1 heterocycles. The first-order valence-electron chi connectivity index (χ1n) is 7.02. The van der Waals surface area contributed by atoms with Gasteiger partial charge in [0, 0.05) is 18.4 Å². The maximum Gasteiger partial charge on any atom is 0.304 e. The Hall–Kier alpha value is -2.27. The first kappa shape index (κ1) is 14.7. The lowest BCUT2D eigenvalue weighted by atomic mass is 9.75. The van der Waals surface area contributed by atoms with E-state index < -0.39 is 18.2 Å². The van der Waals surface area contributed by atoms with Gasteiger partial charge >= 0.3 is 5.97 Å². The number of Topliss-reactive ketones (excluding diaryl/α,β-unsaturated/α-hetero) is 1. The molecule has 3 rings (SSSR count). The number of fused-ring (bicyclic) bond motifs is 1. The molecule has 1 aliphatic heterocycles. The fourth-order valence-electron chi connectivity index (χ4n) is 2.92. The van der Waals surface area contributed by atoms with Crippen molar-refractivity contribution in [2.45, 2.75) is 19.1 Å². The third kappa shape index (κ3) is 2.72. The summed E-state index contributed by atoms with van der Waals surface area (Å²) in [5, 5.41) is 0. The van der Waals surface area contributed by atoms with E-state index in [-0.39, 0.29) is 24.1 Å². The van der Waals surface area contributed by atoms with Crippen LogP contribution < -0.4 is 0 Å². The quantitative estimate of drug-likeness (QED) is 0.788. The van der Waals surface area contributed by atoms with Crippen molar-refractivity contribution in [2.24, 2.45) is 5.92 Å². The van der Waals surface area contributed by atoms with Crippen molar-refractivity contribution in [3.05, 3.63) is 59.4 Å². The Morgan fingerprint density at radius 1 is 1.32 bits per heavy atom. The summed E-state index contributed by atoms with van der Waals surface area (Å²) in [6, 6.07) is 6.06. The molecule has 5 heteroatoms. The van der Waals surface area contributed by atoms with E-state index in [1.54, 1.807) is 24.3 Å². The molecule has 4 nitrogen and oxygen atoms in total. The number of esters is 1. The van der Waals surface area contributed by atoms with Crippen molar-refractivity contribution in [2.75, 3.05) is 6.61 Å². The number of ketones is 1. The fraction of sp³-hybridized carbons (Fsp3) is 0.294. The van der Waals surface area contributed by atoms with Crippen LogP contribution >= 0.6 is 0 Å². The van der Waals surface area contributed by atoms with Crippen LogP contribution in [-0.2, 0) is 19.1 Å². The minimum absolute atomic E-state index is 0.107. The summed E-state index contributed by atoms with van der Waals surface area (Å²) in [6.07, 6.45) is 4.61. The number of carbonyl (C=O) groups excluding carboxylic acids is 2. The van der Waals surface area contributed by atoms with E-state index in [0.29, 0.717) is 5.57 Å². The van der Waals surface area contributed by atoms with Crippen LogP contribution in [0.3, 0.4) is 0 Å². The predicted octanol–water partition coefficient (Wildman–Crippen LogP) is 2.51. The Balaban J connectivity index is 1.97. The third-order valence-corrected chi connectivity index (χ3v) is 3.87. The summed E-state index contributed by atoms with van der Waals surface area (Å²) < 4.78 is 23.7. The van der Waals surface area contributed by atoms with E-state index in [1.807, 2.05) is 6.08 Å². The van der Waals surface area contributed by atoms with Crippen molar-refractivity contribution in [3.8, 4) is 0 Å². The molecule has 0 radical (unpaired) electrons. The van der Waals surface area contributed by atoms with Gasteiger partial charge in [0.15, 0.2) is 5.78 Å². The van der Waals surface area contributed by atoms with Gasteiger partial charge < -0.3 is 9.47 Å². The van der Waals surface area contributed by atoms with E-state index in [1.165, 1.54) is 19.1 Å². The second-order valence-corrected chi connectivity index (χ2v) is 5.32. The van der Waals surface area contributed by atoms with Gasteiger partial charge in [0.1, 0.15) is 12.4 Å². The van der Waals surface area contributed by atoms with Crippen molar-refractivity contribution >= 4 is 11.8 Å². The van der Waals surface area contributed by atoms with Gasteiger partial charge in [-0.25, -0.2) is 4.39 Å². The second kappa shape index (κ2) is 5.85. The highest BCUT2D eigenvalue weighted by Crippen LogP contribution is 2.40. The van der Waals surface area contributed by atoms with Gasteiger partial charge in [-0.2, -0.15) is 0 Å². The van der Waals surface area contributed by atoms with E-state index in [4.69, 9.17) is 9.47 Å². The van der Waals surface area contributed by atoms with Crippen molar-refractivity contribution < 1.29 is 23.5 Å². The van der Waals surface area contributed by atoms with Crippen LogP contribution in [0.25, 0.3) is 0 Å². The molecular weight excluding hydrogens is 287 g/mol.